The Morgan fingerprint density at radius 1 is 1.45 bits per heavy atom. The summed E-state index contributed by atoms with van der Waals surface area (Å²) in [7, 11) is 0. The van der Waals surface area contributed by atoms with Gasteiger partial charge < -0.3 is 10.1 Å². The SMILES string of the molecule is O=C(NCC(c1cccs1)N1CCCC1)C1CCCO1. The van der Waals surface area contributed by atoms with Gasteiger partial charge in [-0.2, -0.15) is 0 Å². The molecule has 1 amide bonds. The zero-order valence-electron chi connectivity index (χ0n) is 11.7. The summed E-state index contributed by atoms with van der Waals surface area (Å²) in [6, 6.07) is 4.58. The maximum atomic E-state index is 12.1. The van der Waals surface area contributed by atoms with Crippen LogP contribution in [0.2, 0.25) is 0 Å². The van der Waals surface area contributed by atoms with Crippen molar-refractivity contribution in [1.82, 2.24) is 10.2 Å². The summed E-state index contributed by atoms with van der Waals surface area (Å²) in [5.41, 5.74) is 0. The molecule has 2 atom stereocenters. The van der Waals surface area contributed by atoms with Crippen LogP contribution in [0.3, 0.4) is 0 Å². The van der Waals surface area contributed by atoms with E-state index in [1.807, 2.05) is 0 Å². The molecule has 2 saturated heterocycles. The molecule has 2 aliphatic rings. The number of carbonyl (C=O) groups is 1. The Kier molecular flexibility index (Phi) is 4.70. The van der Waals surface area contributed by atoms with Gasteiger partial charge in [-0.05, 0) is 50.2 Å². The van der Waals surface area contributed by atoms with Crippen molar-refractivity contribution >= 4 is 17.2 Å². The number of carbonyl (C=O) groups excluding carboxylic acids is 1. The van der Waals surface area contributed by atoms with Crippen LogP contribution in [0, 0.1) is 0 Å². The lowest BCUT2D eigenvalue weighted by Gasteiger charge is -2.27. The summed E-state index contributed by atoms with van der Waals surface area (Å²) in [6.45, 7) is 3.69. The van der Waals surface area contributed by atoms with Gasteiger partial charge in [-0.25, -0.2) is 0 Å². The Bertz CT molecular complexity index is 423. The van der Waals surface area contributed by atoms with Crippen molar-refractivity contribution in [2.24, 2.45) is 0 Å². The van der Waals surface area contributed by atoms with E-state index in [1.54, 1.807) is 11.3 Å². The summed E-state index contributed by atoms with van der Waals surface area (Å²) >= 11 is 1.78. The minimum Gasteiger partial charge on any atom is -0.368 e. The van der Waals surface area contributed by atoms with Crippen LogP contribution in [0.15, 0.2) is 17.5 Å². The zero-order chi connectivity index (χ0) is 13.8. The van der Waals surface area contributed by atoms with Gasteiger partial charge in [0.15, 0.2) is 0 Å². The molecule has 2 fully saturated rings. The van der Waals surface area contributed by atoms with Gasteiger partial charge in [0.05, 0.1) is 6.04 Å². The largest absolute Gasteiger partial charge is 0.368 e. The van der Waals surface area contributed by atoms with Gasteiger partial charge in [-0.3, -0.25) is 9.69 Å². The van der Waals surface area contributed by atoms with Gasteiger partial charge in [0.1, 0.15) is 6.10 Å². The number of hydrogen-bond acceptors (Lipinski definition) is 4. The molecule has 0 bridgehead atoms. The lowest BCUT2D eigenvalue weighted by Crippen LogP contribution is -2.40. The summed E-state index contributed by atoms with van der Waals surface area (Å²) in [4.78, 5) is 15.9. The zero-order valence-corrected chi connectivity index (χ0v) is 12.5. The molecule has 1 aromatic rings. The van der Waals surface area contributed by atoms with Crippen molar-refractivity contribution in [2.75, 3.05) is 26.2 Å². The van der Waals surface area contributed by atoms with Gasteiger partial charge in [0.25, 0.3) is 0 Å². The Labute approximate surface area is 124 Å². The van der Waals surface area contributed by atoms with Crippen LogP contribution >= 0.6 is 11.3 Å². The minimum absolute atomic E-state index is 0.0586. The molecule has 1 aromatic heterocycles. The molecule has 3 heterocycles. The van der Waals surface area contributed by atoms with E-state index in [9.17, 15) is 4.79 Å². The van der Waals surface area contributed by atoms with E-state index in [0.29, 0.717) is 12.6 Å². The number of thiophene rings is 1. The second kappa shape index (κ2) is 6.70. The van der Waals surface area contributed by atoms with Gasteiger partial charge in [-0.15, -0.1) is 11.3 Å². The van der Waals surface area contributed by atoms with E-state index >= 15 is 0 Å². The predicted molar refractivity (Wildman–Crippen MR) is 79.9 cm³/mol. The first-order chi connectivity index (χ1) is 9.84. The van der Waals surface area contributed by atoms with Crippen LogP contribution in [-0.4, -0.2) is 43.2 Å². The summed E-state index contributed by atoms with van der Waals surface area (Å²) < 4.78 is 5.44. The van der Waals surface area contributed by atoms with E-state index < -0.39 is 0 Å². The second-order valence-corrected chi connectivity index (χ2v) is 6.50. The van der Waals surface area contributed by atoms with Gasteiger partial charge in [0, 0.05) is 18.0 Å². The molecule has 2 aliphatic heterocycles. The fourth-order valence-electron chi connectivity index (χ4n) is 3.04. The Morgan fingerprint density at radius 2 is 2.30 bits per heavy atom. The van der Waals surface area contributed by atoms with Crippen LogP contribution < -0.4 is 5.32 Å². The molecule has 0 radical (unpaired) electrons. The van der Waals surface area contributed by atoms with Crippen LogP contribution in [0.1, 0.15) is 36.6 Å². The van der Waals surface area contributed by atoms with Crippen LogP contribution in [0.4, 0.5) is 0 Å². The van der Waals surface area contributed by atoms with E-state index in [2.05, 4.69) is 27.7 Å². The number of nitrogens with zero attached hydrogens (tertiary/aromatic N) is 1. The van der Waals surface area contributed by atoms with Crippen molar-refractivity contribution in [3.8, 4) is 0 Å². The molecule has 0 saturated carbocycles. The maximum Gasteiger partial charge on any atom is 0.249 e. The number of rotatable bonds is 5. The summed E-state index contributed by atoms with van der Waals surface area (Å²) in [5.74, 6) is 0.0586. The highest BCUT2D eigenvalue weighted by atomic mass is 32.1. The number of likely N-dealkylation sites (tertiary alicyclic amines) is 1. The summed E-state index contributed by atoms with van der Waals surface area (Å²) in [5, 5.41) is 5.20. The lowest BCUT2D eigenvalue weighted by molar-refractivity contribution is -0.130. The molecule has 110 valence electrons. The monoisotopic (exact) mass is 294 g/mol. The van der Waals surface area contributed by atoms with Crippen molar-refractivity contribution in [3.05, 3.63) is 22.4 Å². The molecule has 2 unspecified atom stereocenters. The molecule has 0 aliphatic carbocycles. The van der Waals surface area contributed by atoms with Crippen molar-refractivity contribution in [3.63, 3.8) is 0 Å². The van der Waals surface area contributed by atoms with E-state index in [0.717, 1.165) is 32.5 Å². The first-order valence-corrected chi connectivity index (χ1v) is 8.39. The average Bonchev–Trinajstić information content (AvgIpc) is 3.22. The van der Waals surface area contributed by atoms with E-state index in [1.165, 1.54) is 17.7 Å². The third kappa shape index (κ3) is 3.22. The normalized spacial score (nSPS) is 24.9. The van der Waals surface area contributed by atoms with Crippen LogP contribution in [0.5, 0.6) is 0 Å². The van der Waals surface area contributed by atoms with Crippen LogP contribution in [-0.2, 0) is 9.53 Å². The predicted octanol–water partition coefficient (Wildman–Crippen LogP) is 2.18. The number of nitrogens with one attached hydrogen (secondary N) is 1. The Morgan fingerprint density at radius 3 is 2.95 bits per heavy atom. The Hall–Kier alpha value is -0.910. The third-order valence-electron chi connectivity index (χ3n) is 4.14. The highest BCUT2D eigenvalue weighted by molar-refractivity contribution is 7.10. The van der Waals surface area contributed by atoms with Gasteiger partial charge in [-0.1, -0.05) is 6.07 Å². The quantitative estimate of drug-likeness (QED) is 0.905. The first-order valence-electron chi connectivity index (χ1n) is 7.51. The highest BCUT2D eigenvalue weighted by Gasteiger charge is 2.27. The molecular weight excluding hydrogens is 272 g/mol. The minimum atomic E-state index is -0.224. The number of amides is 1. The first kappa shape index (κ1) is 14.0. The third-order valence-corrected chi connectivity index (χ3v) is 5.12. The second-order valence-electron chi connectivity index (χ2n) is 5.52. The molecular formula is C15H22N2O2S. The smallest absolute Gasteiger partial charge is 0.249 e. The standard InChI is InChI=1S/C15H22N2O2S/c18-15(13-5-3-9-19-13)16-11-12(14-6-4-10-20-14)17-7-1-2-8-17/h4,6,10,12-13H,1-3,5,7-9,11H2,(H,16,18). The molecule has 20 heavy (non-hydrogen) atoms. The topological polar surface area (TPSA) is 41.6 Å². The van der Waals surface area contributed by atoms with Gasteiger partial charge in [0.2, 0.25) is 5.91 Å². The fraction of sp³-hybridized carbons (Fsp3) is 0.667. The van der Waals surface area contributed by atoms with E-state index in [-0.39, 0.29) is 12.0 Å². The van der Waals surface area contributed by atoms with Crippen molar-refractivity contribution in [1.29, 1.82) is 0 Å². The summed E-state index contributed by atoms with van der Waals surface area (Å²) in [6.07, 6.45) is 4.17. The molecule has 5 heteroatoms. The molecule has 1 N–H and O–H groups in total. The van der Waals surface area contributed by atoms with Crippen LogP contribution in [0.25, 0.3) is 0 Å². The van der Waals surface area contributed by atoms with E-state index in [4.69, 9.17) is 4.74 Å². The lowest BCUT2D eigenvalue weighted by atomic mass is 10.2. The van der Waals surface area contributed by atoms with Crippen molar-refractivity contribution in [2.45, 2.75) is 37.8 Å². The number of ether oxygens (including phenoxy) is 1. The average molecular weight is 294 g/mol. The number of hydrogen-bond donors (Lipinski definition) is 1. The van der Waals surface area contributed by atoms with Crippen molar-refractivity contribution < 1.29 is 9.53 Å². The molecule has 4 nitrogen and oxygen atoms in total. The van der Waals surface area contributed by atoms with Gasteiger partial charge >= 0.3 is 0 Å². The maximum absolute atomic E-state index is 12.1. The molecule has 0 spiro atoms. The highest BCUT2D eigenvalue weighted by Crippen LogP contribution is 2.28. The Balaban J connectivity index is 1.59. The molecule has 0 aromatic carbocycles. The molecule has 3 rings (SSSR count). The fourth-order valence-corrected chi connectivity index (χ4v) is 3.90.